The van der Waals surface area contributed by atoms with Gasteiger partial charge in [-0.15, -0.1) is 0 Å². The third kappa shape index (κ3) is 4.27. The molecule has 0 aliphatic heterocycles. The summed E-state index contributed by atoms with van der Waals surface area (Å²) in [6.45, 7) is 1.72. The Morgan fingerprint density at radius 3 is 2.23 bits per heavy atom. The van der Waals surface area contributed by atoms with E-state index in [4.69, 9.17) is 10.8 Å². The van der Waals surface area contributed by atoms with E-state index in [1.165, 1.54) is 6.20 Å². The second-order valence-electron chi connectivity index (χ2n) is 6.80. The highest BCUT2D eigenvalue weighted by atomic mass is 16.4. The number of aromatic carboxylic acids is 1. The molecule has 5 rings (SSSR count). The number of aromatic nitrogens is 5. The molecule has 154 valence electrons. The Hall–Kier alpha value is -4.46. The fourth-order valence-corrected chi connectivity index (χ4v) is 3.11. The highest BCUT2D eigenvalue weighted by Gasteiger charge is 2.13. The van der Waals surface area contributed by atoms with Crippen LogP contribution in [-0.4, -0.2) is 35.9 Å². The van der Waals surface area contributed by atoms with E-state index in [1.54, 1.807) is 11.4 Å². The molecule has 0 fully saturated rings. The molecule has 0 unspecified atom stereocenters. The number of carboxylic acids is 1. The van der Waals surface area contributed by atoms with Gasteiger partial charge in [0.15, 0.2) is 5.65 Å². The van der Waals surface area contributed by atoms with Crippen LogP contribution in [0.5, 0.6) is 0 Å². The molecule has 0 bridgehead atoms. The zero-order valence-electron chi connectivity index (χ0n) is 16.7. The maximum atomic E-state index is 11.1. The van der Waals surface area contributed by atoms with Crippen molar-refractivity contribution in [1.82, 2.24) is 24.8 Å². The van der Waals surface area contributed by atoms with Gasteiger partial charge >= 0.3 is 5.97 Å². The van der Waals surface area contributed by atoms with Crippen LogP contribution in [-0.2, 0) is 0 Å². The van der Waals surface area contributed by atoms with Gasteiger partial charge in [0.25, 0.3) is 0 Å². The second-order valence-corrected chi connectivity index (χ2v) is 6.80. The Labute approximate surface area is 178 Å². The number of aromatic amines is 1. The van der Waals surface area contributed by atoms with Crippen LogP contribution >= 0.6 is 0 Å². The van der Waals surface area contributed by atoms with Crippen molar-refractivity contribution in [1.29, 1.82) is 0 Å². The van der Waals surface area contributed by atoms with Crippen LogP contribution in [0.25, 0.3) is 28.2 Å². The van der Waals surface area contributed by atoms with Crippen LogP contribution in [0.1, 0.15) is 16.1 Å². The van der Waals surface area contributed by atoms with Gasteiger partial charge in [0, 0.05) is 23.9 Å². The molecule has 0 aliphatic carbocycles. The summed E-state index contributed by atoms with van der Waals surface area (Å²) in [7, 11) is 0. The first kappa shape index (κ1) is 19.8. The van der Waals surface area contributed by atoms with E-state index in [0.717, 1.165) is 22.5 Å². The lowest BCUT2D eigenvalue weighted by molar-refractivity contribution is 0.0695. The maximum Gasteiger partial charge on any atom is 0.339 e. The number of anilines is 1. The van der Waals surface area contributed by atoms with E-state index in [0.29, 0.717) is 17.2 Å². The summed E-state index contributed by atoms with van der Waals surface area (Å²) in [5, 5.41) is 20.2. The number of nitrogens with zero attached hydrogens (tertiary/aromatic N) is 4. The first-order valence-electron chi connectivity index (χ1n) is 9.53. The number of fused-ring (bicyclic) bond motifs is 1. The summed E-state index contributed by atoms with van der Waals surface area (Å²) in [6.07, 6.45) is 1.36. The summed E-state index contributed by atoms with van der Waals surface area (Å²) in [5.74, 6) is -0.475. The van der Waals surface area contributed by atoms with E-state index in [-0.39, 0.29) is 5.56 Å². The SMILES string of the molecule is Cc1c(C(=O)O)cnc2cc(-c3ccccc3)nn12.Nc1cc(-c2ccccc2)[nH]n1. The highest BCUT2D eigenvalue weighted by Crippen LogP contribution is 2.20. The molecule has 0 saturated heterocycles. The lowest BCUT2D eigenvalue weighted by Gasteiger charge is -2.01. The van der Waals surface area contributed by atoms with Crippen molar-refractivity contribution >= 4 is 17.4 Å². The van der Waals surface area contributed by atoms with Crippen molar-refractivity contribution in [2.24, 2.45) is 0 Å². The van der Waals surface area contributed by atoms with E-state index in [1.807, 2.05) is 72.8 Å². The predicted molar refractivity (Wildman–Crippen MR) is 119 cm³/mol. The number of carboxylic acid groups (broad SMARTS) is 1. The number of hydrogen-bond acceptors (Lipinski definition) is 5. The average Bonchev–Trinajstić information content (AvgIpc) is 3.42. The highest BCUT2D eigenvalue weighted by molar-refractivity contribution is 5.88. The Balaban J connectivity index is 0.000000166. The predicted octanol–water partition coefficient (Wildman–Crippen LogP) is 4.06. The van der Waals surface area contributed by atoms with Crippen molar-refractivity contribution in [2.75, 3.05) is 5.73 Å². The van der Waals surface area contributed by atoms with E-state index < -0.39 is 5.97 Å². The van der Waals surface area contributed by atoms with Gasteiger partial charge in [0.05, 0.1) is 22.6 Å². The van der Waals surface area contributed by atoms with Crippen molar-refractivity contribution in [3.63, 3.8) is 0 Å². The van der Waals surface area contributed by atoms with Crippen LogP contribution < -0.4 is 5.73 Å². The summed E-state index contributed by atoms with van der Waals surface area (Å²) in [6, 6.07) is 23.3. The van der Waals surface area contributed by atoms with Crippen LogP contribution in [0.3, 0.4) is 0 Å². The quantitative estimate of drug-likeness (QED) is 0.411. The molecule has 8 heteroatoms. The van der Waals surface area contributed by atoms with Gasteiger partial charge in [-0.3, -0.25) is 5.10 Å². The zero-order chi connectivity index (χ0) is 21.8. The molecule has 3 aromatic heterocycles. The van der Waals surface area contributed by atoms with E-state index in [2.05, 4.69) is 20.3 Å². The molecule has 5 aromatic rings. The smallest absolute Gasteiger partial charge is 0.339 e. The van der Waals surface area contributed by atoms with Crippen LogP contribution in [0.2, 0.25) is 0 Å². The normalized spacial score (nSPS) is 10.5. The second kappa shape index (κ2) is 8.50. The van der Waals surface area contributed by atoms with Crippen LogP contribution in [0.4, 0.5) is 5.82 Å². The summed E-state index contributed by atoms with van der Waals surface area (Å²) < 4.78 is 1.56. The average molecular weight is 412 g/mol. The Morgan fingerprint density at radius 1 is 1.00 bits per heavy atom. The minimum atomic E-state index is -0.997. The van der Waals surface area contributed by atoms with Gasteiger partial charge in [-0.1, -0.05) is 60.7 Å². The third-order valence-corrected chi connectivity index (χ3v) is 4.71. The fourth-order valence-electron chi connectivity index (χ4n) is 3.11. The molecule has 4 N–H and O–H groups in total. The monoisotopic (exact) mass is 412 g/mol. The molecule has 0 spiro atoms. The van der Waals surface area contributed by atoms with Crippen molar-refractivity contribution in [2.45, 2.75) is 6.92 Å². The van der Waals surface area contributed by atoms with Gasteiger partial charge < -0.3 is 10.8 Å². The Bertz CT molecular complexity index is 1330. The number of aryl methyl sites for hydroxylation is 1. The first-order chi connectivity index (χ1) is 15.0. The largest absolute Gasteiger partial charge is 0.478 e. The number of nitrogens with one attached hydrogen (secondary N) is 1. The lowest BCUT2D eigenvalue weighted by atomic mass is 10.2. The number of H-pyrrole nitrogens is 1. The third-order valence-electron chi connectivity index (χ3n) is 4.71. The number of rotatable bonds is 3. The van der Waals surface area contributed by atoms with Gasteiger partial charge in [0.1, 0.15) is 5.82 Å². The van der Waals surface area contributed by atoms with Crippen molar-refractivity contribution in [3.05, 3.63) is 90.3 Å². The molecule has 3 heterocycles. The van der Waals surface area contributed by atoms with Gasteiger partial charge in [-0.05, 0) is 12.5 Å². The van der Waals surface area contributed by atoms with Gasteiger partial charge in [-0.2, -0.15) is 10.2 Å². The molecular weight excluding hydrogens is 392 g/mol. The molecular formula is C23H20N6O2. The number of nitrogens with two attached hydrogens (primary N) is 1. The zero-order valence-corrected chi connectivity index (χ0v) is 16.7. The topological polar surface area (TPSA) is 122 Å². The summed E-state index contributed by atoms with van der Waals surface area (Å²) in [4.78, 5) is 15.2. The van der Waals surface area contributed by atoms with E-state index >= 15 is 0 Å². The molecule has 0 saturated carbocycles. The summed E-state index contributed by atoms with van der Waals surface area (Å²) in [5.41, 5.74) is 10.6. The standard InChI is InChI=1S/C14H11N3O2.C9H9N3/c1-9-11(14(18)19)8-15-13-7-12(16-17(9)13)10-5-3-2-4-6-10;10-9-6-8(11-12-9)7-4-2-1-3-5-7/h2-8H,1H3,(H,18,19);1-6H,(H3,10,11,12). The first-order valence-corrected chi connectivity index (χ1v) is 9.53. The fraction of sp³-hybridized carbons (Fsp3) is 0.0435. The van der Waals surface area contributed by atoms with Crippen LogP contribution in [0, 0.1) is 6.92 Å². The Kier molecular flexibility index (Phi) is 5.44. The van der Waals surface area contributed by atoms with Gasteiger partial charge in [-0.25, -0.2) is 14.3 Å². The van der Waals surface area contributed by atoms with Crippen LogP contribution in [0.15, 0.2) is 79.0 Å². The molecule has 0 amide bonds. The molecule has 0 radical (unpaired) electrons. The van der Waals surface area contributed by atoms with Crippen molar-refractivity contribution in [3.8, 4) is 22.5 Å². The van der Waals surface area contributed by atoms with Gasteiger partial charge in [0.2, 0.25) is 0 Å². The minimum absolute atomic E-state index is 0.162. The van der Waals surface area contributed by atoms with E-state index in [9.17, 15) is 4.79 Å². The number of hydrogen-bond donors (Lipinski definition) is 3. The molecule has 31 heavy (non-hydrogen) atoms. The maximum absolute atomic E-state index is 11.1. The number of benzene rings is 2. The number of carbonyl (C=O) groups is 1. The van der Waals surface area contributed by atoms with Crippen molar-refractivity contribution < 1.29 is 9.90 Å². The summed E-state index contributed by atoms with van der Waals surface area (Å²) >= 11 is 0. The lowest BCUT2D eigenvalue weighted by Crippen LogP contribution is -2.06. The molecule has 8 nitrogen and oxygen atoms in total. The number of nitrogen functional groups attached to an aromatic ring is 1. The minimum Gasteiger partial charge on any atom is -0.478 e. The molecule has 0 aliphatic rings. The molecule has 0 atom stereocenters. The molecule has 2 aromatic carbocycles. The Morgan fingerprint density at radius 2 is 1.65 bits per heavy atom.